The van der Waals surface area contributed by atoms with Crippen LogP contribution in [0, 0.1) is 5.92 Å². The quantitative estimate of drug-likeness (QED) is 0.231. The average molecular weight is 470 g/mol. The SMILES string of the molecule is CCCCOc1ccc(C2C(C(=O)c3ccc(Cl)cc3)C(=O)C(=O)N2CC2CCCO2)cc1. The Kier molecular flexibility index (Phi) is 7.46. The van der Waals surface area contributed by atoms with E-state index in [0.717, 1.165) is 31.2 Å². The van der Waals surface area contributed by atoms with Crippen LogP contribution in [-0.4, -0.2) is 48.2 Å². The zero-order valence-electron chi connectivity index (χ0n) is 18.7. The number of carbonyl (C=O) groups excluding carboxylic acids is 3. The van der Waals surface area contributed by atoms with Gasteiger partial charge < -0.3 is 14.4 Å². The molecule has 2 saturated heterocycles. The normalized spacial score (nSPS) is 22.7. The smallest absolute Gasteiger partial charge is 0.291 e. The van der Waals surface area contributed by atoms with Crippen LogP contribution in [0.5, 0.6) is 5.75 Å². The molecule has 2 fully saturated rings. The van der Waals surface area contributed by atoms with Crippen molar-refractivity contribution in [3.05, 3.63) is 64.7 Å². The molecule has 3 unspecified atom stereocenters. The van der Waals surface area contributed by atoms with Crippen LogP contribution in [0.2, 0.25) is 5.02 Å². The molecule has 0 radical (unpaired) electrons. The minimum Gasteiger partial charge on any atom is -0.494 e. The second kappa shape index (κ2) is 10.5. The summed E-state index contributed by atoms with van der Waals surface area (Å²) in [4.78, 5) is 41.1. The first kappa shape index (κ1) is 23.5. The molecule has 2 aromatic rings. The predicted octanol–water partition coefficient (Wildman–Crippen LogP) is 4.65. The van der Waals surface area contributed by atoms with E-state index in [1.54, 1.807) is 24.3 Å². The molecule has 0 spiro atoms. The van der Waals surface area contributed by atoms with Gasteiger partial charge in [0.1, 0.15) is 11.7 Å². The molecule has 7 heteroatoms. The Morgan fingerprint density at radius 1 is 1.12 bits per heavy atom. The van der Waals surface area contributed by atoms with Crippen LogP contribution < -0.4 is 4.74 Å². The number of ketones is 2. The van der Waals surface area contributed by atoms with Crippen molar-refractivity contribution in [2.45, 2.75) is 44.8 Å². The van der Waals surface area contributed by atoms with Crippen molar-refractivity contribution in [1.29, 1.82) is 0 Å². The highest BCUT2D eigenvalue weighted by molar-refractivity contribution is 6.44. The number of hydrogen-bond acceptors (Lipinski definition) is 5. The van der Waals surface area contributed by atoms with E-state index < -0.39 is 23.7 Å². The Hall–Kier alpha value is -2.70. The Bertz CT molecular complexity index is 998. The van der Waals surface area contributed by atoms with Crippen LogP contribution in [0.15, 0.2) is 48.5 Å². The predicted molar refractivity (Wildman–Crippen MR) is 125 cm³/mol. The van der Waals surface area contributed by atoms with Crippen LogP contribution >= 0.6 is 11.6 Å². The number of amides is 1. The monoisotopic (exact) mass is 469 g/mol. The number of likely N-dealkylation sites (tertiary alicyclic amines) is 1. The first-order valence-corrected chi connectivity index (χ1v) is 11.9. The van der Waals surface area contributed by atoms with Crippen LogP contribution in [0.1, 0.15) is 54.6 Å². The summed E-state index contributed by atoms with van der Waals surface area (Å²) in [7, 11) is 0. The van der Waals surface area contributed by atoms with E-state index in [9.17, 15) is 14.4 Å². The number of unbranched alkanes of at least 4 members (excludes halogenated alkanes) is 1. The van der Waals surface area contributed by atoms with E-state index in [0.29, 0.717) is 29.5 Å². The van der Waals surface area contributed by atoms with E-state index in [4.69, 9.17) is 21.1 Å². The summed E-state index contributed by atoms with van der Waals surface area (Å²) >= 11 is 5.96. The van der Waals surface area contributed by atoms with Crippen molar-refractivity contribution in [3.8, 4) is 5.75 Å². The van der Waals surface area contributed by atoms with Crippen LogP contribution in [0.25, 0.3) is 0 Å². The van der Waals surface area contributed by atoms with Gasteiger partial charge in [-0.3, -0.25) is 14.4 Å². The summed E-state index contributed by atoms with van der Waals surface area (Å²) in [5, 5.41) is 0.496. The van der Waals surface area contributed by atoms with Crippen LogP contribution in [-0.2, 0) is 14.3 Å². The number of hydrogen-bond donors (Lipinski definition) is 0. The lowest BCUT2D eigenvalue weighted by Gasteiger charge is -2.29. The average Bonchev–Trinajstić information content (AvgIpc) is 3.42. The van der Waals surface area contributed by atoms with Gasteiger partial charge in [0.15, 0.2) is 5.78 Å². The summed E-state index contributed by atoms with van der Waals surface area (Å²) < 4.78 is 11.5. The lowest BCUT2D eigenvalue weighted by Crippen LogP contribution is -2.36. The maximum atomic E-state index is 13.4. The summed E-state index contributed by atoms with van der Waals surface area (Å²) in [6.07, 6.45) is 3.61. The van der Waals surface area contributed by atoms with Gasteiger partial charge in [-0.25, -0.2) is 0 Å². The van der Waals surface area contributed by atoms with E-state index in [1.807, 2.05) is 24.3 Å². The molecule has 0 bridgehead atoms. The Labute approximate surface area is 198 Å². The summed E-state index contributed by atoms with van der Waals surface area (Å²) in [5.41, 5.74) is 1.08. The van der Waals surface area contributed by atoms with Gasteiger partial charge in [-0.2, -0.15) is 0 Å². The lowest BCUT2D eigenvalue weighted by molar-refractivity contribution is -0.141. The molecular weight excluding hydrogens is 442 g/mol. The number of nitrogens with zero attached hydrogens (tertiary/aromatic N) is 1. The first-order valence-electron chi connectivity index (χ1n) is 11.5. The van der Waals surface area contributed by atoms with Crippen molar-refractivity contribution < 1.29 is 23.9 Å². The minimum atomic E-state index is -1.12. The molecule has 0 aliphatic carbocycles. The van der Waals surface area contributed by atoms with E-state index in [-0.39, 0.29) is 18.4 Å². The third kappa shape index (κ3) is 5.12. The molecule has 0 N–H and O–H groups in total. The van der Waals surface area contributed by atoms with Gasteiger partial charge in [0, 0.05) is 23.7 Å². The second-order valence-corrected chi connectivity index (χ2v) is 8.96. The molecule has 6 nitrogen and oxygen atoms in total. The molecular formula is C26H28ClNO5. The molecule has 1 amide bonds. The molecule has 0 saturated carbocycles. The van der Waals surface area contributed by atoms with E-state index in [2.05, 4.69) is 6.92 Å². The fraction of sp³-hybridized carbons (Fsp3) is 0.423. The largest absolute Gasteiger partial charge is 0.494 e. The zero-order valence-corrected chi connectivity index (χ0v) is 19.4. The highest BCUT2D eigenvalue weighted by Crippen LogP contribution is 2.39. The van der Waals surface area contributed by atoms with Crippen LogP contribution in [0.3, 0.4) is 0 Å². The van der Waals surface area contributed by atoms with Crippen molar-refractivity contribution in [1.82, 2.24) is 4.90 Å². The van der Waals surface area contributed by atoms with Gasteiger partial charge in [-0.05, 0) is 61.2 Å². The molecule has 3 atom stereocenters. The lowest BCUT2D eigenvalue weighted by atomic mass is 9.86. The zero-order chi connectivity index (χ0) is 23.4. The van der Waals surface area contributed by atoms with Crippen molar-refractivity contribution in [3.63, 3.8) is 0 Å². The molecule has 4 rings (SSSR count). The number of benzene rings is 2. The highest BCUT2D eigenvalue weighted by atomic mass is 35.5. The maximum absolute atomic E-state index is 13.4. The van der Waals surface area contributed by atoms with Crippen molar-refractivity contribution in [2.75, 3.05) is 19.8 Å². The number of halogens is 1. The Morgan fingerprint density at radius 2 is 1.85 bits per heavy atom. The number of ether oxygens (including phenoxy) is 2. The molecule has 2 aromatic carbocycles. The third-order valence-corrected chi connectivity index (χ3v) is 6.48. The van der Waals surface area contributed by atoms with E-state index >= 15 is 0 Å². The number of rotatable bonds is 9. The molecule has 2 aliphatic heterocycles. The minimum absolute atomic E-state index is 0.134. The van der Waals surface area contributed by atoms with Gasteiger partial charge in [-0.1, -0.05) is 37.1 Å². The summed E-state index contributed by atoms with van der Waals surface area (Å²) in [6.45, 7) is 3.65. The maximum Gasteiger partial charge on any atom is 0.291 e. The molecule has 174 valence electrons. The van der Waals surface area contributed by atoms with Gasteiger partial charge in [0.25, 0.3) is 5.91 Å². The van der Waals surface area contributed by atoms with Gasteiger partial charge in [0.2, 0.25) is 5.78 Å². The molecule has 2 heterocycles. The fourth-order valence-electron chi connectivity index (χ4n) is 4.45. The van der Waals surface area contributed by atoms with Crippen molar-refractivity contribution >= 4 is 29.1 Å². The third-order valence-electron chi connectivity index (χ3n) is 6.23. The standard InChI is InChI=1S/C26H28ClNO5/c1-2-3-14-32-20-12-8-17(9-13-20)23-22(24(29)18-6-10-19(27)11-7-18)25(30)26(31)28(23)16-21-5-4-15-33-21/h6-13,21-23H,2-5,14-16H2,1H3. The molecule has 2 aliphatic rings. The molecule has 0 aromatic heterocycles. The fourth-order valence-corrected chi connectivity index (χ4v) is 4.58. The Morgan fingerprint density at radius 3 is 2.48 bits per heavy atom. The topological polar surface area (TPSA) is 72.9 Å². The number of carbonyl (C=O) groups is 3. The summed E-state index contributed by atoms with van der Waals surface area (Å²) in [6, 6.07) is 13.0. The van der Waals surface area contributed by atoms with E-state index in [1.165, 1.54) is 4.90 Å². The van der Waals surface area contributed by atoms with Gasteiger partial charge >= 0.3 is 0 Å². The summed E-state index contributed by atoms with van der Waals surface area (Å²) in [5.74, 6) is -2.10. The molecule has 33 heavy (non-hydrogen) atoms. The first-order chi connectivity index (χ1) is 16.0. The number of Topliss-reactive ketones (excluding diaryl/α,β-unsaturated/α-hetero) is 2. The van der Waals surface area contributed by atoms with Gasteiger partial charge in [0.05, 0.1) is 18.8 Å². The van der Waals surface area contributed by atoms with Crippen LogP contribution in [0.4, 0.5) is 0 Å². The Balaban J connectivity index is 1.66. The second-order valence-electron chi connectivity index (χ2n) is 8.52. The highest BCUT2D eigenvalue weighted by Gasteiger charge is 2.52. The van der Waals surface area contributed by atoms with Gasteiger partial charge in [-0.15, -0.1) is 0 Å². The van der Waals surface area contributed by atoms with Crippen molar-refractivity contribution in [2.24, 2.45) is 5.92 Å².